The summed E-state index contributed by atoms with van der Waals surface area (Å²) in [5.41, 5.74) is 7.20. The van der Waals surface area contributed by atoms with E-state index < -0.39 is 0 Å². The lowest BCUT2D eigenvalue weighted by atomic mass is 10.1. The molecule has 5 rings (SSSR count). The minimum absolute atomic E-state index is 0.0509. The SMILES string of the molecule is Cc1ccc(C(=O)N(C)C)cc1.Cc1ccccc1.Cc1ccccc1.Cc1ccccc1.Cc1ccccc1. The third-order valence-electron chi connectivity index (χ3n) is 5.47. The Hall–Kier alpha value is -4.43. The van der Waals surface area contributed by atoms with Gasteiger partial charge in [-0.05, 0) is 46.8 Å². The number of hydrogen-bond donors (Lipinski definition) is 0. The summed E-state index contributed by atoms with van der Waals surface area (Å²) >= 11 is 0. The normalized spacial score (nSPS) is 8.97. The third kappa shape index (κ3) is 17.1. The largest absolute Gasteiger partial charge is 0.345 e. The van der Waals surface area contributed by atoms with Gasteiger partial charge in [-0.1, -0.05) is 161 Å². The molecule has 0 spiro atoms. The average molecular weight is 532 g/mol. The van der Waals surface area contributed by atoms with Crippen molar-refractivity contribution in [2.24, 2.45) is 0 Å². The summed E-state index contributed by atoms with van der Waals surface area (Å²) in [6, 6.07) is 48.6. The van der Waals surface area contributed by atoms with E-state index >= 15 is 0 Å². The molecule has 208 valence electrons. The Balaban J connectivity index is 0.000000255. The van der Waals surface area contributed by atoms with Crippen molar-refractivity contribution in [3.05, 3.63) is 179 Å². The lowest BCUT2D eigenvalue weighted by Crippen LogP contribution is -2.21. The predicted molar refractivity (Wildman–Crippen MR) is 174 cm³/mol. The van der Waals surface area contributed by atoms with Crippen LogP contribution in [0.25, 0.3) is 0 Å². The summed E-state index contributed by atoms with van der Waals surface area (Å²) in [5, 5.41) is 0. The van der Waals surface area contributed by atoms with Crippen molar-refractivity contribution in [1.29, 1.82) is 0 Å². The van der Waals surface area contributed by atoms with E-state index in [2.05, 4.69) is 76.2 Å². The van der Waals surface area contributed by atoms with E-state index in [0.29, 0.717) is 0 Å². The molecule has 2 heteroatoms. The Kier molecular flexibility index (Phi) is 17.2. The summed E-state index contributed by atoms with van der Waals surface area (Å²) < 4.78 is 0. The number of carbonyl (C=O) groups is 1. The molecule has 2 nitrogen and oxygen atoms in total. The molecule has 0 atom stereocenters. The topological polar surface area (TPSA) is 20.3 Å². The zero-order valence-electron chi connectivity index (χ0n) is 25.2. The fraction of sp³-hybridized carbons (Fsp3) is 0.184. The number of rotatable bonds is 1. The van der Waals surface area contributed by atoms with Gasteiger partial charge in [0, 0.05) is 19.7 Å². The van der Waals surface area contributed by atoms with Crippen molar-refractivity contribution in [2.45, 2.75) is 34.6 Å². The lowest BCUT2D eigenvalue weighted by molar-refractivity contribution is 0.0827. The molecule has 0 aromatic heterocycles. The molecule has 5 aromatic carbocycles. The molecule has 0 bridgehead atoms. The molecule has 0 radical (unpaired) electrons. The first-order chi connectivity index (χ1) is 19.2. The van der Waals surface area contributed by atoms with Crippen LogP contribution in [0.1, 0.15) is 38.2 Å². The lowest BCUT2D eigenvalue weighted by Gasteiger charge is -2.09. The average Bonchev–Trinajstić information content (AvgIpc) is 2.96. The van der Waals surface area contributed by atoms with Gasteiger partial charge in [-0.25, -0.2) is 0 Å². The second-order valence-corrected chi connectivity index (χ2v) is 9.68. The van der Waals surface area contributed by atoms with Gasteiger partial charge in [-0.2, -0.15) is 0 Å². The minimum atomic E-state index is 0.0509. The Labute approximate surface area is 243 Å². The number of carbonyl (C=O) groups excluding carboxylic acids is 1. The molecule has 0 saturated carbocycles. The van der Waals surface area contributed by atoms with Crippen LogP contribution in [-0.4, -0.2) is 24.9 Å². The van der Waals surface area contributed by atoms with Crippen molar-refractivity contribution in [3.63, 3.8) is 0 Å². The zero-order valence-corrected chi connectivity index (χ0v) is 25.2. The van der Waals surface area contributed by atoms with E-state index in [-0.39, 0.29) is 5.91 Å². The van der Waals surface area contributed by atoms with Gasteiger partial charge in [0.2, 0.25) is 0 Å². The smallest absolute Gasteiger partial charge is 0.253 e. The second kappa shape index (κ2) is 20.5. The Morgan fingerprint density at radius 3 is 0.775 bits per heavy atom. The molecule has 0 unspecified atom stereocenters. The molecule has 0 aliphatic heterocycles. The fourth-order valence-electron chi connectivity index (χ4n) is 3.09. The zero-order chi connectivity index (χ0) is 29.6. The van der Waals surface area contributed by atoms with E-state index in [4.69, 9.17) is 0 Å². The highest BCUT2D eigenvalue weighted by Crippen LogP contribution is 2.04. The van der Waals surface area contributed by atoms with Gasteiger partial charge < -0.3 is 4.90 Å². The Morgan fingerprint density at radius 2 is 0.600 bits per heavy atom. The van der Waals surface area contributed by atoms with Crippen LogP contribution < -0.4 is 0 Å². The van der Waals surface area contributed by atoms with Crippen molar-refractivity contribution in [1.82, 2.24) is 4.90 Å². The summed E-state index contributed by atoms with van der Waals surface area (Å²) in [5.74, 6) is 0.0509. The molecule has 0 saturated heterocycles. The maximum Gasteiger partial charge on any atom is 0.253 e. The molecule has 0 aliphatic rings. The predicted octanol–water partition coefficient (Wildman–Crippen LogP) is 9.68. The third-order valence-corrected chi connectivity index (χ3v) is 5.47. The van der Waals surface area contributed by atoms with Crippen molar-refractivity contribution < 1.29 is 4.79 Å². The number of aryl methyl sites for hydroxylation is 5. The number of hydrogen-bond acceptors (Lipinski definition) is 1. The van der Waals surface area contributed by atoms with Crippen LogP contribution in [0.5, 0.6) is 0 Å². The van der Waals surface area contributed by atoms with Gasteiger partial charge in [0.1, 0.15) is 0 Å². The highest BCUT2D eigenvalue weighted by Gasteiger charge is 2.05. The maximum absolute atomic E-state index is 11.4. The molecular formula is C38H45NO. The van der Waals surface area contributed by atoms with Crippen LogP contribution >= 0.6 is 0 Å². The standard InChI is InChI=1S/C10H13NO.4C7H8/c1-8-4-6-9(7-5-8)10(12)11(2)3;4*1-7-5-3-2-4-6-7/h4-7H,1-3H3;4*2-6H,1H3. The molecule has 5 aromatic rings. The Morgan fingerprint density at radius 1 is 0.375 bits per heavy atom. The molecule has 1 amide bonds. The van der Waals surface area contributed by atoms with E-state index in [1.165, 1.54) is 27.8 Å². The van der Waals surface area contributed by atoms with Crippen molar-refractivity contribution >= 4 is 5.91 Å². The first kappa shape index (κ1) is 33.6. The van der Waals surface area contributed by atoms with Crippen LogP contribution in [0.3, 0.4) is 0 Å². The van der Waals surface area contributed by atoms with Gasteiger partial charge in [0.05, 0.1) is 0 Å². The maximum atomic E-state index is 11.4. The summed E-state index contributed by atoms with van der Waals surface area (Å²) in [4.78, 5) is 13.0. The quantitative estimate of drug-likeness (QED) is 0.211. The summed E-state index contributed by atoms with van der Waals surface area (Å²) in [6.07, 6.45) is 0. The van der Waals surface area contributed by atoms with Crippen LogP contribution in [-0.2, 0) is 0 Å². The molecule has 0 aliphatic carbocycles. The van der Waals surface area contributed by atoms with E-state index in [0.717, 1.165) is 5.56 Å². The number of amides is 1. The van der Waals surface area contributed by atoms with Gasteiger partial charge in [0.25, 0.3) is 5.91 Å². The highest BCUT2D eigenvalue weighted by atomic mass is 16.2. The minimum Gasteiger partial charge on any atom is -0.345 e. The highest BCUT2D eigenvalue weighted by molar-refractivity contribution is 5.93. The van der Waals surface area contributed by atoms with Crippen molar-refractivity contribution in [3.8, 4) is 0 Å². The van der Waals surface area contributed by atoms with E-state index in [1.54, 1.807) is 19.0 Å². The fourth-order valence-corrected chi connectivity index (χ4v) is 3.09. The van der Waals surface area contributed by atoms with E-state index in [9.17, 15) is 4.79 Å². The van der Waals surface area contributed by atoms with Crippen LogP contribution in [0, 0.1) is 34.6 Å². The van der Waals surface area contributed by atoms with Crippen LogP contribution in [0.15, 0.2) is 146 Å². The molecule has 0 heterocycles. The summed E-state index contributed by atoms with van der Waals surface area (Å²) in [6.45, 7) is 10.3. The number of nitrogens with zero attached hydrogens (tertiary/aromatic N) is 1. The van der Waals surface area contributed by atoms with Gasteiger partial charge in [-0.3, -0.25) is 4.79 Å². The number of benzene rings is 5. The van der Waals surface area contributed by atoms with E-state index in [1.807, 2.05) is 104 Å². The van der Waals surface area contributed by atoms with Crippen LogP contribution in [0.2, 0.25) is 0 Å². The summed E-state index contributed by atoms with van der Waals surface area (Å²) in [7, 11) is 3.50. The first-order valence-corrected chi connectivity index (χ1v) is 13.5. The van der Waals surface area contributed by atoms with Crippen LogP contribution in [0.4, 0.5) is 0 Å². The monoisotopic (exact) mass is 531 g/mol. The first-order valence-electron chi connectivity index (χ1n) is 13.5. The van der Waals surface area contributed by atoms with Gasteiger partial charge in [0.15, 0.2) is 0 Å². The molecule has 40 heavy (non-hydrogen) atoms. The Bertz CT molecular complexity index is 1130. The second-order valence-electron chi connectivity index (χ2n) is 9.68. The van der Waals surface area contributed by atoms with Gasteiger partial charge in [-0.15, -0.1) is 0 Å². The molecule has 0 N–H and O–H groups in total. The van der Waals surface area contributed by atoms with Gasteiger partial charge >= 0.3 is 0 Å². The molecular weight excluding hydrogens is 486 g/mol. The molecule has 0 fully saturated rings. The van der Waals surface area contributed by atoms with Crippen molar-refractivity contribution in [2.75, 3.05) is 14.1 Å².